The Balaban J connectivity index is 1.67. The molecule has 1 aliphatic heterocycles. The minimum absolute atomic E-state index is 0.512. The summed E-state index contributed by atoms with van der Waals surface area (Å²) in [4.78, 5) is 15.5. The van der Waals surface area contributed by atoms with Crippen LogP contribution in [0.5, 0.6) is 0 Å². The maximum absolute atomic E-state index is 4.64. The van der Waals surface area contributed by atoms with Gasteiger partial charge in [-0.15, -0.1) is 0 Å². The highest BCUT2D eigenvalue weighted by Gasteiger charge is 2.22. The molecular formula is C16H20N4. The van der Waals surface area contributed by atoms with Gasteiger partial charge in [0, 0.05) is 43.8 Å². The number of rotatable bonds is 3. The molecule has 1 saturated heterocycles. The summed E-state index contributed by atoms with van der Waals surface area (Å²) < 4.78 is 0. The Hall–Kier alpha value is -1.81. The van der Waals surface area contributed by atoms with E-state index in [1.807, 2.05) is 31.7 Å². The van der Waals surface area contributed by atoms with Crippen LogP contribution in [0.3, 0.4) is 0 Å². The maximum atomic E-state index is 4.64. The van der Waals surface area contributed by atoms with Gasteiger partial charge in [0.05, 0.1) is 11.4 Å². The normalized spacial score (nSPS) is 19.9. The van der Waals surface area contributed by atoms with Crippen LogP contribution in [0.2, 0.25) is 0 Å². The van der Waals surface area contributed by atoms with Crippen LogP contribution in [0.25, 0.3) is 0 Å². The van der Waals surface area contributed by atoms with Gasteiger partial charge in [0.25, 0.3) is 0 Å². The molecule has 0 aromatic carbocycles. The Kier molecular flexibility index (Phi) is 4.02. The molecule has 0 saturated carbocycles. The third kappa shape index (κ3) is 3.20. The summed E-state index contributed by atoms with van der Waals surface area (Å²) in [6, 6.07) is 4.19. The Bertz CT molecular complexity index is 555. The third-order valence-electron chi connectivity index (χ3n) is 3.85. The van der Waals surface area contributed by atoms with E-state index in [0.717, 1.165) is 31.0 Å². The van der Waals surface area contributed by atoms with Gasteiger partial charge in [-0.05, 0) is 44.0 Å². The lowest BCUT2D eigenvalue weighted by molar-refractivity contribution is 0.198. The van der Waals surface area contributed by atoms with E-state index in [1.54, 1.807) is 0 Å². The van der Waals surface area contributed by atoms with Crippen molar-refractivity contribution in [1.29, 1.82) is 0 Å². The van der Waals surface area contributed by atoms with E-state index in [1.165, 1.54) is 18.4 Å². The second-order valence-electron chi connectivity index (χ2n) is 5.52. The molecule has 0 unspecified atom stereocenters. The number of aromatic nitrogens is 3. The molecule has 0 N–H and O–H groups in total. The van der Waals surface area contributed by atoms with Crippen LogP contribution in [-0.4, -0.2) is 32.9 Å². The van der Waals surface area contributed by atoms with Crippen LogP contribution in [0, 0.1) is 6.92 Å². The highest BCUT2D eigenvalue weighted by Crippen LogP contribution is 2.26. The van der Waals surface area contributed by atoms with Crippen molar-refractivity contribution >= 4 is 0 Å². The largest absolute Gasteiger partial charge is 0.298 e. The zero-order chi connectivity index (χ0) is 13.8. The molecule has 4 nitrogen and oxygen atoms in total. The minimum Gasteiger partial charge on any atom is -0.298 e. The molecule has 0 spiro atoms. The van der Waals surface area contributed by atoms with E-state index in [9.17, 15) is 0 Å². The average molecular weight is 268 g/mol. The van der Waals surface area contributed by atoms with Crippen molar-refractivity contribution in [3.63, 3.8) is 0 Å². The van der Waals surface area contributed by atoms with Crippen molar-refractivity contribution < 1.29 is 0 Å². The average Bonchev–Trinajstić information content (AvgIpc) is 2.49. The summed E-state index contributed by atoms with van der Waals surface area (Å²) in [5.41, 5.74) is 3.48. The molecule has 0 amide bonds. The van der Waals surface area contributed by atoms with Gasteiger partial charge in [-0.25, -0.2) is 0 Å². The molecule has 1 fully saturated rings. The summed E-state index contributed by atoms with van der Waals surface area (Å²) in [5, 5.41) is 0. The summed E-state index contributed by atoms with van der Waals surface area (Å²) >= 11 is 0. The number of piperidine rings is 1. The number of nitrogens with zero attached hydrogens (tertiary/aromatic N) is 4. The van der Waals surface area contributed by atoms with Gasteiger partial charge < -0.3 is 0 Å². The van der Waals surface area contributed by atoms with Crippen molar-refractivity contribution in [2.24, 2.45) is 0 Å². The monoisotopic (exact) mass is 268 g/mol. The highest BCUT2D eigenvalue weighted by molar-refractivity contribution is 5.12. The van der Waals surface area contributed by atoms with E-state index in [2.05, 4.69) is 32.0 Å². The molecule has 2 aromatic heterocycles. The molecular weight excluding hydrogens is 248 g/mol. The summed E-state index contributed by atoms with van der Waals surface area (Å²) in [6.45, 7) is 5.24. The van der Waals surface area contributed by atoms with Crippen LogP contribution >= 0.6 is 0 Å². The molecule has 1 aliphatic rings. The van der Waals surface area contributed by atoms with Crippen molar-refractivity contribution in [2.45, 2.75) is 32.2 Å². The van der Waals surface area contributed by atoms with Crippen molar-refractivity contribution in [2.75, 3.05) is 13.1 Å². The van der Waals surface area contributed by atoms with Crippen LogP contribution in [0.1, 0.15) is 35.7 Å². The van der Waals surface area contributed by atoms with Crippen molar-refractivity contribution in [3.8, 4) is 0 Å². The minimum atomic E-state index is 0.512. The first-order valence-electron chi connectivity index (χ1n) is 7.21. The summed E-state index contributed by atoms with van der Waals surface area (Å²) in [6.07, 6.45) is 9.91. The molecule has 104 valence electrons. The number of pyridine rings is 1. The summed E-state index contributed by atoms with van der Waals surface area (Å²) in [5.74, 6) is 0.512. The molecule has 20 heavy (non-hydrogen) atoms. The SMILES string of the molecule is Cc1cncc([C@H]2CCCN(Cc3ccncc3)C2)n1. The molecule has 0 radical (unpaired) electrons. The summed E-state index contributed by atoms with van der Waals surface area (Å²) in [7, 11) is 0. The lowest BCUT2D eigenvalue weighted by atomic mass is 9.94. The number of likely N-dealkylation sites (tertiary alicyclic amines) is 1. The van der Waals surface area contributed by atoms with Gasteiger partial charge in [0.2, 0.25) is 0 Å². The lowest BCUT2D eigenvalue weighted by Gasteiger charge is -2.32. The maximum Gasteiger partial charge on any atom is 0.0633 e. The smallest absolute Gasteiger partial charge is 0.0633 e. The molecule has 1 atom stereocenters. The quantitative estimate of drug-likeness (QED) is 0.858. The fourth-order valence-corrected chi connectivity index (χ4v) is 2.87. The molecule has 3 heterocycles. The van der Waals surface area contributed by atoms with Gasteiger partial charge in [0.15, 0.2) is 0 Å². The molecule has 4 heteroatoms. The first-order chi connectivity index (χ1) is 9.81. The Labute approximate surface area is 119 Å². The van der Waals surface area contributed by atoms with Crippen LogP contribution in [0.4, 0.5) is 0 Å². The third-order valence-corrected chi connectivity index (χ3v) is 3.85. The molecule has 2 aromatic rings. The lowest BCUT2D eigenvalue weighted by Crippen LogP contribution is -2.34. The fraction of sp³-hybridized carbons (Fsp3) is 0.438. The first-order valence-corrected chi connectivity index (χ1v) is 7.21. The van der Waals surface area contributed by atoms with E-state index in [-0.39, 0.29) is 0 Å². The first kappa shape index (κ1) is 13.2. The number of hydrogen-bond donors (Lipinski definition) is 0. The predicted octanol–water partition coefficient (Wildman–Crippen LogP) is 2.56. The van der Waals surface area contributed by atoms with E-state index >= 15 is 0 Å². The Morgan fingerprint density at radius 2 is 2.05 bits per heavy atom. The Morgan fingerprint density at radius 1 is 1.20 bits per heavy atom. The molecule has 0 aliphatic carbocycles. The highest BCUT2D eigenvalue weighted by atomic mass is 15.1. The zero-order valence-corrected chi connectivity index (χ0v) is 11.9. The van der Waals surface area contributed by atoms with E-state index < -0.39 is 0 Å². The van der Waals surface area contributed by atoms with Crippen LogP contribution < -0.4 is 0 Å². The topological polar surface area (TPSA) is 41.9 Å². The van der Waals surface area contributed by atoms with Gasteiger partial charge in [-0.2, -0.15) is 0 Å². The Morgan fingerprint density at radius 3 is 2.85 bits per heavy atom. The predicted molar refractivity (Wildman–Crippen MR) is 78.3 cm³/mol. The number of hydrogen-bond acceptors (Lipinski definition) is 4. The van der Waals surface area contributed by atoms with Crippen molar-refractivity contribution in [1.82, 2.24) is 19.9 Å². The van der Waals surface area contributed by atoms with Gasteiger partial charge in [0.1, 0.15) is 0 Å². The van der Waals surface area contributed by atoms with Crippen LogP contribution in [0.15, 0.2) is 36.9 Å². The van der Waals surface area contributed by atoms with Gasteiger partial charge in [-0.1, -0.05) is 0 Å². The van der Waals surface area contributed by atoms with E-state index in [0.29, 0.717) is 5.92 Å². The molecule has 3 rings (SSSR count). The van der Waals surface area contributed by atoms with E-state index in [4.69, 9.17) is 0 Å². The van der Waals surface area contributed by atoms with Crippen LogP contribution in [-0.2, 0) is 6.54 Å². The number of aryl methyl sites for hydroxylation is 1. The second kappa shape index (κ2) is 6.09. The van der Waals surface area contributed by atoms with Gasteiger partial charge >= 0.3 is 0 Å². The van der Waals surface area contributed by atoms with Crippen molar-refractivity contribution in [3.05, 3.63) is 53.9 Å². The molecule has 0 bridgehead atoms. The van der Waals surface area contributed by atoms with Gasteiger partial charge in [-0.3, -0.25) is 19.9 Å². The zero-order valence-electron chi connectivity index (χ0n) is 11.9. The standard InChI is InChI=1S/C16H20N4/c1-13-9-18-10-16(19-13)15-3-2-8-20(12-15)11-14-4-6-17-7-5-14/h4-7,9-10,15H,2-3,8,11-12H2,1H3/t15-/m0/s1. The fourth-order valence-electron chi connectivity index (χ4n) is 2.87. The second-order valence-corrected chi connectivity index (χ2v) is 5.52.